The molecule has 3 nitrogen and oxygen atoms in total. The Morgan fingerprint density at radius 3 is 2.88 bits per heavy atom. The number of aromatic amines is 1. The molecule has 0 radical (unpaired) electrons. The van der Waals surface area contributed by atoms with E-state index in [9.17, 15) is 0 Å². The summed E-state index contributed by atoms with van der Waals surface area (Å²) < 4.78 is 0. The van der Waals surface area contributed by atoms with Crippen molar-refractivity contribution in [2.75, 3.05) is 0 Å². The number of aromatic nitrogens is 3. The Hall–Kier alpha value is -1.87. The van der Waals surface area contributed by atoms with Gasteiger partial charge in [-0.15, -0.1) is 0 Å². The maximum absolute atomic E-state index is 5.94. The molecule has 0 saturated heterocycles. The molecule has 0 atom stereocenters. The predicted molar refractivity (Wildman–Crippen MR) is 69.1 cm³/mol. The monoisotopic (exact) mass is 243 g/mol. The fourth-order valence-corrected chi connectivity index (χ4v) is 1.98. The van der Waals surface area contributed by atoms with Gasteiger partial charge in [0.1, 0.15) is 5.82 Å². The Labute approximate surface area is 103 Å². The summed E-state index contributed by atoms with van der Waals surface area (Å²) >= 11 is 5.94. The Morgan fingerprint density at radius 1 is 1.18 bits per heavy atom. The van der Waals surface area contributed by atoms with E-state index in [-0.39, 0.29) is 0 Å². The van der Waals surface area contributed by atoms with Crippen molar-refractivity contribution in [3.05, 3.63) is 47.2 Å². The molecule has 0 aliphatic rings. The summed E-state index contributed by atoms with van der Waals surface area (Å²) in [5.41, 5.74) is 3.94. The number of hydrogen-bond acceptors (Lipinski definition) is 2. The summed E-state index contributed by atoms with van der Waals surface area (Å²) in [6.07, 6.45) is 3.62. The molecular weight excluding hydrogens is 234 g/mol. The first kappa shape index (κ1) is 10.3. The first-order chi connectivity index (χ1) is 8.22. The molecule has 0 bridgehead atoms. The number of nitrogens with one attached hydrogen (secondary N) is 1. The van der Waals surface area contributed by atoms with E-state index in [1.54, 1.807) is 6.20 Å². The minimum Gasteiger partial charge on any atom is -0.338 e. The molecule has 2 heterocycles. The number of nitrogens with zero attached hydrogens (tertiary/aromatic N) is 2. The number of aryl methyl sites for hydroxylation is 1. The number of fused-ring (bicyclic) bond motifs is 1. The SMILES string of the molecule is Cc1cncc(-c2nc3ccc(Cl)cc3[nH]2)c1. The van der Waals surface area contributed by atoms with Gasteiger partial charge >= 0.3 is 0 Å². The van der Waals surface area contributed by atoms with Crippen molar-refractivity contribution in [3.8, 4) is 11.4 Å². The van der Waals surface area contributed by atoms with Gasteiger partial charge in [0, 0.05) is 23.0 Å². The van der Waals surface area contributed by atoms with Crippen molar-refractivity contribution in [2.24, 2.45) is 0 Å². The average Bonchev–Trinajstić information content (AvgIpc) is 2.72. The number of imidazole rings is 1. The highest BCUT2D eigenvalue weighted by atomic mass is 35.5. The van der Waals surface area contributed by atoms with Crippen LogP contribution in [0.4, 0.5) is 0 Å². The van der Waals surface area contributed by atoms with Crippen LogP contribution in [0, 0.1) is 6.92 Å². The van der Waals surface area contributed by atoms with E-state index in [0.717, 1.165) is 28.0 Å². The minimum absolute atomic E-state index is 0.704. The zero-order valence-electron chi connectivity index (χ0n) is 9.24. The van der Waals surface area contributed by atoms with Crippen molar-refractivity contribution in [3.63, 3.8) is 0 Å². The van der Waals surface area contributed by atoms with E-state index in [4.69, 9.17) is 11.6 Å². The summed E-state index contributed by atoms with van der Waals surface area (Å²) in [6, 6.07) is 7.66. The van der Waals surface area contributed by atoms with E-state index in [1.165, 1.54) is 0 Å². The van der Waals surface area contributed by atoms with Crippen molar-refractivity contribution < 1.29 is 0 Å². The molecule has 3 aromatic rings. The summed E-state index contributed by atoms with van der Waals surface area (Å²) in [5.74, 6) is 0.818. The number of H-pyrrole nitrogens is 1. The summed E-state index contributed by atoms with van der Waals surface area (Å²) in [7, 11) is 0. The molecule has 84 valence electrons. The van der Waals surface area contributed by atoms with Crippen molar-refractivity contribution in [2.45, 2.75) is 6.92 Å². The fourth-order valence-electron chi connectivity index (χ4n) is 1.80. The van der Waals surface area contributed by atoms with Gasteiger partial charge in [0.05, 0.1) is 11.0 Å². The maximum atomic E-state index is 5.94. The molecule has 0 amide bonds. The standard InChI is InChI=1S/C13H10ClN3/c1-8-4-9(7-15-6-8)13-16-11-3-2-10(14)5-12(11)17-13/h2-7H,1H3,(H,16,17). The van der Waals surface area contributed by atoms with Crippen molar-refractivity contribution >= 4 is 22.6 Å². The Bertz CT molecular complexity index is 688. The van der Waals surface area contributed by atoms with Crippen molar-refractivity contribution in [1.29, 1.82) is 0 Å². The molecule has 1 N–H and O–H groups in total. The lowest BCUT2D eigenvalue weighted by atomic mass is 10.2. The lowest BCUT2D eigenvalue weighted by molar-refractivity contribution is 1.24. The van der Waals surface area contributed by atoms with Crippen LogP contribution < -0.4 is 0 Å². The number of hydrogen-bond donors (Lipinski definition) is 1. The first-order valence-electron chi connectivity index (χ1n) is 5.30. The third-order valence-corrected chi connectivity index (χ3v) is 2.83. The van der Waals surface area contributed by atoms with Gasteiger partial charge in [0.2, 0.25) is 0 Å². The van der Waals surface area contributed by atoms with E-state index in [1.807, 2.05) is 37.4 Å². The van der Waals surface area contributed by atoms with Crippen LogP contribution in [0.3, 0.4) is 0 Å². The molecule has 3 rings (SSSR count). The minimum atomic E-state index is 0.704. The number of benzene rings is 1. The number of halogens is 1. The van der Waals surface area contributed by atoms with Crippen LogP contribution in [0.5, 0.6) is 0 Å². The average molecular weight is 244 g/mol. The van der Waals surface area contributed by atoms with Crippen LogP contribution in [-0.2, 0) is 0 Å². The molecule has 17 heavy (non-hydrogen) atoms. The van der Waals surface area contributed by atoms with Gasteiger partial charge in [-0.3, -0.25) is 4.98 Å². The highest BCUT2D eigenvalue weighted by molar-refractivity contribution is 6.31. The second-order valence-electron chi connectivity index (χ2n) is 4.00. The van der Waals surface area contributed by atoms with Gasteiger partial charge in [0.25, 0.3) is 0 Å². The topological polar surface area (TPSA) is 41.6 Å². The first-order valence-corrected chi connectivity index (χ1v) is 5.67. The van der Waals surface area contributed by atoms with Crippen LogP contribution in [0.25, 0.3) is 22.4 Å². The van der Waals surface area contributed by atoms with Gasteiger partial charge in [-0.25, -0.2) is 4.98 Å². The lowest BCUT2D eigenvalue weighted by Crippen LogP contribution is -1.83. The van der Waals surface area contributed by atoms with Gasteiger partial charge in [0.15, 0.2) is 0 Å². The molecule has 0 spiro atoms. The molecule has 0 aliphatic heterocycles. The van der Waals surface area contributed by atoms with Crippen LogP contribution in [0.1, 0.15) is 5.56 Å². The molecule has 1 aromatic carbocycles. The van der Waals surface area contributed by atoms with E-state index < -0.39 is 0 Å². The van der Waals surface area contributed by atoms with Crippen LogP contribution >= 0.6 is 11.6 Å². The summed E-state index contributed by atoms with van der Waals surface area (Å²) in [4.78, 5) is 11.9. The van der Waals surface area contributed by atoms with E-state index in [0.29, 0.717) is 5.02 Å². The van der Waals surface area contributed by atoms with Crippen molar-refractivity contribution in [1.82, 2.24) is 15.0 Å². The molecule has 0 fully saturated rings. The van der Waals surface area contributed by atoms with E-state index in [2.05, 4.69) is 15.0 Å². The molecule has 2 aromatic heterocycles. The fraction of sp³-hybridized carbons (Fsp3) is 0.0769. The third-order valence-electron chi connectivity index (χ3n) is 2.59. The molecular formula is C13H10ClN3. The Balaban J connectivity index is 2.18. The highest BCUT2D eigenvalue weighted by Gasteiger charge is 2.05. The third kappa shape index (κ3) is 1.89. The second-order valence-corrected chi connectivity index (χ2v) is 4.43. The van der Waals surface area contributed by atoms with Gasteiger partial charge in [-0.2, -0.15) is 0 Å². The summed E-state index contributed by atoms with van der Waals surface area (Å²) in [6.45, 7) is 2.01. The molecule has 4 heteroatoms. The van der Waals surface area contributed by atoms with Gasteiger partial charge in [-0.1, -0.05) is 11.6 Å². The second kappa shape index (κ2) is 3.86. The lowest BCUT2D eigenvalue weighted by Gasteiger charge is -1.96. The van der Waals surface area contributed by atoms with E-state index >= 15 is 0 Å². The molecule has 0 aliphatic carbocycles. The number of rotatable bonds is 1. The largest absolute Gasteiger partial charge is 0.338 e. The predicted octanol–water partition coefficient (Wildman–Crippen LogP) is 3.59. The Kier molecular flexibility index (Phi) is 2.34. The van der Waals surface area contributed by atoms with Crippen LogP contribution in [0.15, 0.2) is 36.7 Å². The van der Waals surface area contributed by atoms with Crippen LogP contribution in [0.2, 0.25) is 5.02 Å². The molecule has 0 unspecified atom stereocenters. The molecule has 0 saturated carbocycles. The van der Waals surface area contributed by atoms with Gasteiger partial charge in [-0.05, 0) is 36.8 Å². The number of pyridine rings is 1. The highest BCUT2D eigenvalue weighted by Crippen LogP contribution is 2.22. The Morgan fingerprint density at radius 2 is 2.06 bits per heavy atom. The maximum Gasteiger partial charge on any atom is 0.140 e. The normalized spacial score (nSPS) is 10.9. The zero-order chi connectivity index (χ0) is 11.8. The smallest absolute Gasteiger partial charge is 0.140 e. The van der Waals surface area contributed by atoms with Gasteiger partial charge < -0.3 is 4.98 Å². The summed E-state index contributed by atoms with van der Waals surface area (Å²) in [5, 5.41) is 0.704. The quantitative estimate of drug-likeness (QED) is 0.710. The zero-order valence-corrected chi connectivity index (χ0v) is 9.99. The van der Waals surface area contributed by atoms with Crippen LogP contribution in [-0.4, -0.2) is 15.0 Å².